The van der Waals surface area contributed by atoms with Crippen molar-refractivity contribution in [3.8, 4) is 0 Å². The monoisotopic (exact) mass is 225 g/mol. The van der Waals surface area contributed by atoms with Crippen molar-refractivity contribution in [2.45, 2.75) is 38.1 Å². The third-order valence-electron chi connectivity index (χ3n) is 3.18. The Labute approximate surface area is 94.9 Å². The minimum absolute atomic E-state index is 0.319. The Balaban J connectivity index is 1.91. The van der Waals surface area contributed by atoms with Crippen molar-refractivity contribution in [3.63, 3.8) is 0 Å². The van der Waals surface area contributed by atoms with E-state index in [0.29, 0.717) is 12.0 Å². The molecule has 3 heteroatoms. The molecule has 0 aliphatic heterocycles. The van der Waals surface area contributed by atoms with Gasteiger partial charge in [0.15, 0.2) is 0 Å². The highest BCUT2D eigenvalue weighted by atomic mass is 19.1. The van der Waals surface area contributed by atoms with Crippen LogP contribution >= 0.6 is 0 Å². The van der Waals surface area contributed by atoms with Gasteiger partial charge in [-0.1, -0.05) is 6.92 Å². The summed E-state index contributed by atoms with van der Waals surface area (Å²) in [6.07, 6.45) is 3.10. The summed E-state index contributed by atoms with van der Waals surface area (Å²) >= 11 is 0. The first kappa shape index (κ1) is 11.5. The van der Waals surface area contributed by atoms with Gasteiger partial charge in [-0.25, -0.2) is 8.78 Å². The van der Waals surface area contributed by atoms with Gasteiger partial charge in [0.05, 0.1) is 0 Å². The van der Waals surface area contributed by atoms with E-state index in [1.807, 2.05) is 0 Å². The van der Waals surface area contributed by atoms with E-state index in [1.54, 1.807) is 0 Å². The van der Waals surface area contributed by atoms with Crippen LogP contribution in [0.1, 0.15) is 37.7 Å². The molecule has 0 atom stereocenters. The molecule has 2 rings (SSSR count). The molecule has 0 radical (unpaired) electrons. The second-order valence-corrected chi connectivity index (χ2v) is 4.52. The van der Waals surface area contributed by atoms with Crippen LogP contribution < -0.4 is 5.32 Å². The van der Waals surface area contributed by atoms with Gasteiger partial charge in [-0.3, -0.25) is 0 Å². The Kier molecular flexibility index (Phi) is 3.54. The van der Waals surface area contributed by atoms with E-state index in [4.69, 9.17) is 0 Å². The quantitative estimate of drug-likeness (QED) is 0.829. The number of rotatable bonds is 4. The average molecular weight is 225 g/mol. The lowest BCUT2D eigenvalue weighted by Gasteiger charge is -2.36. The van der Waals surface area contributed by atoms with Crippen molar-refractivity contribution in [2.75, 3.05) is 6.54 Å². The summed E-state index contributed by atoms with van der Waals surface area (Å²) in [7, 11) is 0. The highest BCUT2D eigenvalue weighted by molar-refractivity contribution is 5.24. The zero-order valence-electron chi connectivity index (χ0n) is 9.47. The van der Waals surface area contributed by atoms with E-state index in [2.05, 4.69) is 12.2 Å². The van der Waals surface area contributed by atoms with Crippen LogP contribution in [0.3, 0.4) is 0 Å². The first-order valence-electron chi connectivity index (χ1n) is 5.88. The van der Waals surface area contributed by atoms with E-state index >= 15 is 0 Å². The van der Waals surface area contributed by atoms with Crippen molar-refractivity contribution in [2.24, 2.45) is 0 Å². The number of hydrogen-bond donors (Lipinski definition) is 1. The van der Waals surface area contributed by atoms with Crippen LogP contribution in [0.5, 0.6) is 0 Å². The lowest BCUT2D eigenvalue weighted by molar-refractivity contribution is 0.290. The third-order valence-corrected chi connectivity index (χ3v) is 3.18. The van der Waals surface area contributed by atoms with E-state index < -0.39 is 11.6 Å². The largest absolute Gasteiger partial charge is 0.314 e. The summed E-state index contributed by atoms with van der Waals surface area (Å²) in [6, 6.07) is 4.35. The van der Waals surface area contributed by atoms with Crippen molar-refractivity contribution < 1.29 is 8.78 Å². The predicted octanol–water partition coefficient (Wildman–Crippen LogP) is 3.21. The van der Waals surface area contributed by atoms with E-state index in [1.165, 1.54) is 12.1 Å². The minimum Gasteiger partial charge on any atom is -0.314 e. The zero-order chi connectivity index (χ0) is 11.5. The molecule has 0 bridgehead atoms. The first-order valence-corrected chi connectivity index (χ1v) is 5.88. The summed E-state index contributed by atoms with van der Waals surface area (Å²) in [5, 5.41) is 3.41. The molecule has 1 aromatic carbocycles. The normalized spacial score (nSPS) is 24.2. The summed E-state index contributed by atoms with van der Waals surface area (Å²) in [5.74, 6) is -0.625. The van der Waals surface area contributed by atoms with Crippen LogP contribution in [0.4, 0.5) is 8.78 Å². The second-order valence-electron chi connectivity index (χ2n) is 4.52. The van der Waals surface area contributed by atoms with Gasteiger partial charge in [0.1, 0.15) is 11.6 Å². The predicted molar refractivity (Wildman–Crippen MR) is 60.4 cm³/mol. The molecule has 0 amide bonds. The molecule has 0 spiro atoms. The molecule has 0 heterocycles. The van der Waals surface area contributed by atoms with Gasteiger partial charge in [0, 0.05) is 12.1 Å². The molecular formula is C13H17F2N. The lowest BCUT2D eigenvalue weighted by atomic mass is 9.76. The Morgan fingerprint density at radius 2 is 1.81 bits per heavy atom. The smallest absolute Gasteiger partial charge is 0.126 e. The SMILES string of the molecule is CCCNC1CC(c2cc(F)cc(F)c2)C1. The highest BCUT2D eigenvalue weighted by Crippen LogP contribution is 2.37. The van der Waals surface area contributed by atoms with Gasteiger partial charge in [0.25, 0.3) is 0 Å². The summed E-state index contributed by atoms with van der Waals surface area (Å²) in [6.45, 7) is 3.15. The minimum atomic E-state index is -0.472. The van der Waals surface area contributed by atoms with Crippen molar-refractivity contribution in [3.05, 3.63) is 35.4 Å². The molecule has 1 aliphatic carbocycles. The van der Waals surface area contributed by atoms with E-state index in [0.717, 1.165) is 37.4 Å². The average Bonchev–Trinajstić information content (AvgIpc) is 2.14. The topological polar surface area (TPSA) is 12.0 Å². The zero-order valence-corrected chi connectivity index (χ0v) is 9.47. The molecule has 16 heavy (non-hydrogen) atoms. The second kappa shape index (κ2) is 4.91. The van der Waals surface area contributed by atoms with Crippen molar-refractivity contribution in [1.29, 1.82) is 0 Å². The fourth-order valence-corrected chi connectivity index (χ4v) is 2.22. The van der Waals surface area contributed by atoms with Crippen molar-refractivity contribution in [1.82, 2.24) is 5.32 Å². The maximum atomic E-state index is 13.0. The Morgan fingerprint density at radius 3 is 2.38 bits per heavy atom. The van der Waals surface area contributed by atoms with Crippen LogP contribution in [-0.4, -0.2) is 12.6 Å². The number of halogens is 2. The molecule has 1 fully saturated rings. The number of hydrogen-bond acceptors (Lipinski definition) is 1. The molecule has 0 unspecified atom stereocenters. The van der Waals surface area contributed by atoms with Gasteiger partial charge in [-0.2, -0.15) is 0 Å². The first-order chi connectivity index (χ1) is 7.69. The molecule has 1 nitrogen and oxygen atoms in total. The molecule has 0 aromatic heterocycles. The standard InChI is InChI=1S/C13H17F2N/c1-2-3-16-13-6-10(7-13)9-4-11(14)8-12(15)5-9/h4-5,8,10,13,16H,2-3,6-7H2,1H3. The maximum absolute atomic E-state index is 13.0. The van der Waals surface area contributed by atoms with E-state index in [9.17, 15) is 8.78 Å². The van der Waals surface area contributed by atoms with Gasteiger partial charge in [-0.05, 0) is 49.4 Å². The molecular weight excluding hydrogens is 208 g/mol. The molecule has 1 saturated carbocycles. The van der Waals surface area contributed by atoms with Crippen LogP contribution in [0, 0.1) is 11.6 Å². The van der Waals surface area contributed by atoms with Crippen LogP contribution in [0.2, 0.25) is 0 Å². The van der Waals surface area contributed by atoms with Crippen LogP contribution in [-0.2, 0) is 0 Å². The Hall–Kier alpha value is -0.960. The molecule has 1 aliphatic rings. The van der Waals surface area contributed by atoms with E-state index in [-0.39, 0.29) is 0 Å². The van der Waals surface area contributed by atoms with Gasteiger partial charge in [0.2, 0.25) is 0 Å². The fourth-order valence-electron chi connectivity index (χ4n) is 2.22. The summed E-state index contributed by atoms with van der Waals surface area (Å²) in [4.78, 5) is 0. The fraction of sp³-hybridized carbons (Fsp3) is 0.538. The lowest BCUT2D eigenvalue weighted by Crippen LogP contribution is -2.40. The molecule has 1 aromatic rings. The molecule has 88 valence electrons. The third kappa shape index (κ3) is 2.59. The molecule has 0 saturated heterocycles. The Bertz CT molecular complexity index is 339. The van der Waals surface area contributed by atoms with Gasteiger partial charge < -0.3 is 5.32 Å². The molecule has 1 N–H and O–H groups in total. The van der Waals surface area contributed by atoms with Gasteiger partial charge in [-0.15, -0.1) is 0 Å². The number of nitrogens with one attached hydrogen (secondary N) is 1. The Morgan fingerprint density at radius 1 is 1.19 bits per heavy atom. The van der Waals surface area contributed by atoms with Crippen LogP contribution in [0.25, 0.3) is 0 Å². The van der Waals surface area contributed by atoms with Gasteiger partial charge >= 0.3 is 0 Å². The van der Waals surface area contributed by atoms with Crippen molar-refractivity contribution >= 4 is 0 Å². The van der Waals surface area contributed by atoms with Crippen LogP contribution in [0.15, 0.2) is 18.2 Å². The summed E-state index contributed by atoms with van der Waals surface area (Å²) in [5.41, 5.74) is 0.798. The summed E-state index contributed by atoms with van der Waals surface area (Å²) < 4.78 is 26.0. The maximum Gasteiger partial charge on any atom is 0.126 e. The number of benzene rings is 1. The highest BCUT2D eigenvalue weighted by Gasteiger charge is 2.30.